The zero-order chi connectivity index (χ0) is 17.9. The van der Waals surface area contributed by atoms with E-state index in [9.17, 15) is 4.79 Å². The summed E-state index contributed by atoms with van der Waals surface area (Å²) in [6, 6.07) is 7.70. The van der Waals surface area contributed by atoms with Crippen molar-refractivity contribution in [3.63, 3.8) is 0 Å². The van der Waals surface area contributed by atoms with Crippen LogP contribution in [0.1, 0.15) is 50.1 Å². The van der Waals surface area contributed by atoms with Crippen LogP contribution < -0.4 is 10.1 Å². The topological polar surface area (TPSA) is 64.1 Å². The third-order valence-corrected chi connectivity index (χ3v) is 4.43. The van der Waals surface area contributed by atoms with Crippen LogP contribution in [0.15, 0.2) is 30.3 Å². The monoisotopic (exact) mass is 359 g/mol. The number of ether oxygens (including phenoxy) is 1. The number of carbonyl (C=O) groups excluding carboxylic acids is 1. The predicted octanol–water partition coefficient (Wildman–Crippen LogP) is 4.71. The molecule has 0 radical (unpaired) electrons. The van der Waals surface area contributed by atoms with Gasteiger partial charge in [0, 0.05) is 18.1 Å². The maximum Gasteiger partial charge on any atom is 0.250 e. The van der Waals surface area contributed by atoms with Gasteiger partial charge in [0.2, 0.25) is 11.0 Å². The Hall–Kier alpha value is -2.21. The van der Waals surface area contributed by atoms with Gasteiger partial charge >= 0.3 is 0 Å². The zero-order valence-electron chi connectivity index (χ0n) is 14.8. The number of aromatic nitrogens is 2. The van der Waals surface area contributed by atoms with Gasteiger partial charge in [0.05, 0.1) is 6.61 Å². The van der Waals surface area contributed by atoms with Gasteiger partial charge in [0.1, 0.15) is 10.8 Å². The fourth-order valence-corrected chi connectivity index (χ4v) is 2.91. The number of hydrogen-bond donors (Lipinski definition) is 1. The van der Waals surface area contributed by atoms with Gasteiger partial charge in [-0.3, -0.25) is 10.1 Å². The van der Waals surface area contributed by atoms with Crippen LogP contribution in [0.2, 0.25) is 0 Å². The fraction of sp³-hybridized carbons (Fsp3) is 0.421. The number of benzene rings is 1. The molecule has 5 nitrogen and oxygen atoms in total. The summed E-state index contributed by atoms with van der Waals surface area (Å²) in [6.45, 7) is 4.94. The van der Waals surface area contributed by atoms with Gasteiger partial charge in [-0.25, -0.2) is 0 Å². The van der Waals surface area contributed by atoms with Gasteiger partial charge < -0.3 is 4.74 Å². The van der Waals surface area contributed by atoms with Gasteiger partial charge in [-0.1, -0.05) is 56.2 Å². The second-order valence-corrected chi connectivity index (χ2v) is 6.73. The third kappa shape index (κ3) is 6.66. The van der Waals surface area contributed by atoms with Gasteiger partial charge in [-0.2, -0.15) is 0 Å². The molecule has 25 heavy (non-hydrogen) atoms. The average Bonchev–Trinajstić information content (AvgIpc) is 3.06. The number of rotatable bonds is 10. The van der Waals surface area contributed by atoms with E-state index in [1.54, 1.807) is 6.08 Å². The van der Waals surface area contributed by atoms with Crippen molar-refractivity contribution in [2.24, 2.45) is 0 Å². The van der Waals surface area contributed by atoms with Crippen LogP contribution in [-0.2, 0) is 11.2 Å². The molecule has 0 bridgehead atoms. The van der Waals surface area contributed by atoms with Crippen molar-refractivity contribution < 1.29 is 9.53 Å². The van der Waals surface area contributed by atoms with E-state index >= 15 is 0 Å². The summed E-state index contributed by atoms with van der Waals surface area (Å²) in [7, 11) is 0. The van der Waals surface area contributed by atoms with E-state index in [0.29, 0.717) is 11.7 Å². The minimum absolute atomic E-state index is 0.221. The van der Waals surface area contributed by atoms with E-state index in [4.69, 9.17) is 4.74 Å². The van der Waals surface area contributed by atoms with Gasteiger partial charge in [-0.15, -0.1) is 10.2 Å². The number of amides is 1. The summed E-state index contributed by atoms with van der Waals surface area (Å²) in [6.07, 6.45) is 8.45. The number of unbranched alkanes of at least 4 members (excludes halogenated alkanes) is 2. The largest absolute Gasteiger partial charge is 0.493 e. The molecule has 0 spiro atoms. The van der Waals surface area contributed by atoms with Crippen molar-refractivity contribution in [2.75, 3.05) is 11.9 Å². The highest BCUT2D eigenvalue weighted by molar-refractivity contribution is 7.15. The van der Waals surface area contributed by atoms with Crippen molar-refractivity contribution in [3.8, 4) is 5.75 Å². The first-order chi connectivity index (χ1) is 12.2. The van der Waals surface area contributed by atoms with E-state index in [1.807, 2.05) is 24.3 Å². The molecule has 0 saturated heterocycles. The predicted molar refractivity (Wildman–Crippen MR) is 103 cm³/mol. The normalized spacial score (nSPS) is 11.0. The molecule has 0 aliphatic carbocycles. The van der Waals surface area contributed by atoms with Crippen LogP contribution in [0.25, 0.3) is 6.08 Å². The van der Waals surface area contributed by atoms with E-state index in [2.05, 4.69) is 29.4 Å². The Bertz CT molecular complexity index is 697. The Morgan fingerprint density at radius 3 is 2.80 bits per heavy atom. The number of para-hydroxylation sites is 1. The lowest BCUT2D eigenvalue weighted by atomic mass is 10.2. The summed E-state index contributed by atoms with van der Waals surface area (Å²) < 4.78 is 5.77. The molecular formula is C19H25N3O2S. The van der Waals surface area contributed by atoms with Gasteiger partial charge in [-0.05, 0) is 25.0 Å². The van der Waals surface area contributed by atoms with E-state index in [1.165, 1.54) is 17.4 Å². The first kappa shape index (κ1) is 19.1. The second-order valence-electron chi connectivity index (χ2n) is 5.67. The highest BCUT2D eigenvalue weighted by Gasteiger charge is 2.06. The first-order valence-corrected chi connectivity index (χ1v) is 9.57. The van der Waals surface area contributed by atoms with Gasteiger partial charge in [0.25, 0.3) is 0 Å². The number of carbonyl (C=O) groups is 1. The third-order valence-electron chi connectivity index (χ3n) is 3.53. The lowest BCUT2D eigenvalue weighted by Gasteiger charge is -2.08. The fourth-order valence-electron chi connectivity index (χ4n) is 2.12. The number of hydrogen-bond acceptors (Lipinski definition) is 5. The van der Waals surface area contributed by atoms with Crippen LogP contribution in [-0.4, -0.2) is 22.7 Å². The Morgan fingerprint density at radius 1 is 1.20 bits per heavy atom. The molecule has 0 aliphatic rings. The molecule has 6 heteroatoms. The molecule has 1 N–H and O–H groups in total. The molecule has 0 atom stereocenters. The number of aryl methyl sites for hydroxylation is 1. The Labute approximate surface area is 153 Å². The second kappa shape index (κ2) is 10.6. The number of anilines is 1. The van der Waals surface area contributed by atoms with E-state index < -0.39 is 0 Å². The summed E-state index contributed by atoms with van der Waals surface area (Å²) in [5.74, 6) is 0.569. The molecule has 1 amide bonds. The molecule has 2 aromatic rings. The molecule has 1 heterocycles. The Kier molecular flexibility index (Phi) is 8.12. The summed E-state index contributed by atoms with van der Waals surface area (Å²) in [5, 5.41) is 12.3. The molecule has 2 rings (SSSR count). The molecule has 1 aromatic carbocycles. The number of nitrogens with zero attached hydrogens (tertiary/aromatic N) is 2. The van der Waals surface area contributed by atoms with E-state index in [0.717, 1.165) is 48.4 Å². The minimum Gasteiger partial charge on any atom is -0.493 e. The highest BCUT2D eigenvalue weighted by atomic mass is 32.1. The van der Waals surface area contributed by atoms with E-state index in [-0.39, 0.29) is 5.91 Å². The van der Waals surface area contributed by atoms with Crippen molar-refractivity contribution in [1.82, 2.24) is 10.2 Å². The van der Waals surface area contributed by atoms with Crippen molar-refractivity contribution in [3.05, 3.63) is 40.9 Å². The maximum atomic E-state index is 12.1. The molecule has 0 fully saturated rings. The Morgan fingerprint density at radius 2 is 2.00 bits per heavy atom. The van der Waals surface area contributed by atoms with Crippen molar-refractivity contribution in [1.29, 1.82) is 0 Å². The van der Waals surface area contributed by atoms with Crippen LogP contribution in [0.3, 0.4) is 0 Å². The summed E-state index contributed by atoms with van der Waals surface area (Å²) >= 11 is 1.43. The summed E-state index contributed by atoms with van der Waals surface area (Å²) in [5.41, 5.74) is 0.884. The summed E-state index contributed by atoms with van der Waals surface area (Å²) in [4.78, 5) is 12.1. The highest BCUT2D eigenvalue weighted by Crippen LogP contribution is 2.20. The molecule has 0 saturated carbocycles. The zero-order valence-corrected chi connectivity index (χ0v) is 15.6. The number of nitrogens with one attached hydrogen (secondary N) is 1. The van der Waals surface area contributed by atoms with Crippen LogP contribution in [0.4, 0.5) is 5.13 Å². The first-order valence-electron chi connectivity index (χ1n) is 8.76. The lowest BCUT2D eigenvalue weighted by molar-refractivity contribution is -0.111. The van der Waals surface area contributed by atoms with Crippen LogP contribution >= 0.6 is 11.3 Å². The van der Waals surface area contributed by atoms with Crippen LogP contribution in [0.5, 0.6) is 5.75 Å². The maximum absolute atomic E-state index is 12.1. The molecule has 0 unspecified atom stereocenters. The van der Waals surface area contributed by atoms with Gasteiger partial charge in [0.15, 0.2) is 0 Å². The molecular weight excluding hydrogens is 334 g/mol. The molecule has 134 valence electrons. The lowest BCUT2D eigenvalue weighted by Crippen LogP contribution is -2.07. The SMILES string of the molecule is CCCCOc1ccccc1/C=C/C(=O)Nc1nnc(CCCC)s1. The average molecular weight is 359 g/mol. The molecule has 1 aromatic heterocycles. The molecule has 0 aliphatic heterocycles. The van der Waals surface area contributed by atoms with Crippen molar-refractivity contribution in [2.45, 2.75) is 46.0 Å². The minimum atomic E-state index is -0.221. The Balaban J connectivity index is 1.92. The quantitative estimate of drug-likeness (QED) is 0.493. The smallest absolute Gasteiger partial charge is 0.250 e. The van der Waals surface area contributed by atoms with Crippen LogP contribution in [0, 0.1) is 0 Å². The van der Waals surface area contributed by atoms with Crippen molar-refractivity contribution >= 4 is 28.5 Å². The standard InChI is InChI=1S/C19H25N3O2S/c1-3-5-11-18-21-22-19(25-18)20-17(23)13-12-15-9-7-8-10-16(15)24-14-6-4-2/h7-10,12-13H,3-6,11,14H2,1-2H3,(H,20,22,23)/b13-12+.